The molecule has 0 aliphatic heterocycles. The molecular weight excluding hydrogens is 73.1 g/mol. The van der Waals surface area contributed by atoms with Crippen LogP contribution in [-0.2, 0) is 0 Å². The SMILES string of the molecule is c1cc[13cH]cc1. The van der Waals surface area contributed by atoms with Gasteiger partial charge in [-0.2, -0.15) is 0 Å². The minimum atomic E-state index is 2.00. The molecule has 0 saturated heterocycles. The molecule has 6 heavy (non-hydrogen) atoms. The van der Waals surface area contributed by atoms with Gasteiger partial charge in [-0.05, 0) is 0 Å². The van der Waals surface area contributed by atoms with Crippen LogP contribution in [0.1, 0.15) is 0 Å². The van der Waals surface area contributed by atoms with Gasteiger partial charge in [0.1, 0.15) is 0 Å². The Labute approximate surface area is 37.4 Å². The number of benzene rings is 1. The third-order valence-electron chi connectivity index (χ3n) is 0.667. The summed E-state index contributed by atoms with van der Waals surface area (Å²) in [6.45, 7) is 0. The van der Waals surface area contributed by atoms with Crippen molar-refractivity contribution in [3.63, 3.8) is 0 Å². The zero-order valence-corrected chi connectivity index (χ0v) is 3.46. The van der Waals surface area contributed by atoms with E-state index >= 15 is 0 Å². The van der Waals surface area contributed by atoms with Gasteiger partial charge < -0.3 is 0 Å². The largest absolute Gasteiger partial charge is 0.0623 e. The molecule has 0 aromatic heterocycles. The Morgan fingerprint density at radius 1 is 0.333 bits per heavy atom. The first-order valence-corrected chi connectivity index (χ1v) is 2.00. The Bertz CT molecular complexity index is 72.0. The fourth-order valence-corrected chi connectivity index (χ4v) is 0.385. The second-order valence-corrected chi connectivity index (χ2v) is 1.15. The van der Waals surface area contributed by atoms with Crippen LogP contribution in [0.2, 0.25) is 0 Å². The predicted octanol–water partition coefficient (Wildman–Crippen LogP) is 1.69. The van der Waals surface area contributed by atoms with Crippen molar-refractivity contribution in [2.24, 2.45) is 0 Å². The van der Waals surface area contributed by atoms with E-state index in [1.807, 2.05) is 36.4 Å². The van der Waals surface area contributed by atoms with Crippen LogP contribution in [0.3, 0.4) is 0 Å². The van der Waals surface area contributed by atoms with E-state index in [9.17, 15) is 0 Å². The normalized spacial score (nSPS) is 8.00. The number of rotatable bonds is 0. The maximum atomic E-state index is 2.00. The molecule has 0 saturated carbocycles. The summed E-state index contributed by atoms with van der Waals surface area (Å²) < 4.78 is 0. The zero-order chi connectivity index (χ0) is 4.24. The Hall–Kier alpha value is -0.780. The molecular formula is C6H6. The quantitative estimate of drug-likeness (QED) is 0.444. The standard InChI is InChI=1S/C6H6/c1-2-4-6-5-3-1/h1-6H/i1+1. The van der Waals surface area contributed by atoms with Crippen molar-refractivity contribution in [2.75, 3.05) is 0 Å². The summed E-state index contributed by atoms with van der Waals surface area (Å²) in [5.74, 6) is 0. The molecule has 0 aliphatic rings. The zero-order valence-electron chi connectivity index (χ0n) is 3.46. The summed E-state index contributed by atoms with van der Waals surface area (Å²) in [5, 5.41) is 0. The van der Waals surface area contributed by atoms with Crippen LogP contribution in [0.15, 0.2) is 36.4 Å². The lowest BCUT2D eigenvalue weighted by atomic mass is 10.5. The first kappa shape index (κ1) is 3.41. The molecule has 0 atom stereocenters. The average Bonchev–Trinajstić information content (AvgIpc) is 1.72. The highest BCUT2D eigenvalue weighted by Crippen LogP contribution is 1.79. The Morgan fingerprint density at radius 3 is 0.667 bits per heavy atom. The Morgan fingerprint density at radius 2 is 0.500 bits per heavy atom. The molecule has 1 aromatic rings. The highest BCUT2D eigenvalue weighted by molar-refractivity contribution is 4.99. The lowest BCUT2D eigenvalue weighted by molar-refractivity contribution is 1.72. The van der Waals surface area contributed by atoms with E-state index in [-0.39, 0.29) is 0 Å². The van der Waals surface area contributed by atoms with E-state index in [4.69, 9.17) is 0 Å². The van der Waals surface area contributed by atoms with E-state index < -0.39 is 0 Å². The third-order valence-corrected chi connectivity index (χ3v) is 0.667. The van der Waals surface area contributed by atoms with Crippen molar-refractivity contribution in [1.82, 2.24) is 0 Å². The fraction of sp³-hybridized carbons (Fsp3) is 0. The van der Waals surface area contributed by atoms with Crippen molar-refractivity contribution in [3.05, 3.63) is 36.4 Å². The second kappa shape index (κ2) is 1.61. The van der Waals surface area contributed by atoms with Gasteiger partial charge in [0, 0.05) is 0 Å². The van der Waals surface area contributed by atoms with Gasteiger partial charge in [-0.25, -0.2) is 0 Å². The molecule has 0 radical (unpaired) electrons. The molecule has 0 heterocycles. The highest BCUT2D eigenvalue weighted by Gasteiger charge is 1.57. The second-order valence-electron chi connectivity index (χ2n) is 1.15. The van der Waals surface area contributed by atoms with Gasteiger partial charge in [0.25, 0.3) is 0 Å². The number of hydrogen-bond acceptors (Lipinski definition) is 0. The fourth-order valence-electron chi connectivity index (χ4n) is 0.385. The minimum Gasteiger partial charge on any atom is -0.0623 e. The molecule has 0 amide bonds. The Balaban J connectivity index is 3.00. The van der Waals surface area contributed by atoms with Gasteiger partial charge in [0.2, 0.25) is 0 Å². The smallest absolute Gasteiger partial charge is 0.0623 e. The molecule has 0 bridgehead atoms. The van der Waals surface area contributed by atoms with E-state index in [0.29, 0.717) is 0 Å². The molecule has 30 valence electrons. The molecule has 1 rings (SSSR count). The summed E-state index contributed by atoms with van der Waals surface area (Å²) in [7, 11) is 0. The molecule has 0 unspecified atom stereocenters. The van der Waals surface area contributed by atoms with Crippen LogP contribution < -0.4 is 0 Å². The molecule has 0 heteroatoms. The molecule has 1 aromatic carbocycles. The van der Waals surface area contributed by atoms with Crippen molar-refractivity contribution in [2.45, 2.75) is 0 Å². The van der Waals surface area contributed by atoms with E-state index in [1.54, 1.807) is 0 Å². The molecule has 0 N–H and O–H groups in total. The monoisotopic (exact) mass is 79.1 g/mol. The first-order chi connectivity index (χ1) is 3.00. The van der Waals surface area contributed by atoms with E-state index in [0.717, 1.165) is 0 Å². The van der Waals surface area contributed by atoms with Crippen LogP contribution in [-0.4, -0.2) is 0 Å². The summed E-state index contributed by atoms with van der Waals surface area (Å²) in [6, 6.07) is 12.0. The topological polar surface area (TPSA) is 0 Å². The van der Waals surface area contributed by atoms with E-state index in [1.165, 1.54) is 0 Å². The van der Waals surface area contributed by atoms with E-state index in [2.05, 4.69) is 0 Å². The summed E-state index contributed by atoms with van der Waals surface area (Å²) in [6.07, 6.45) is 0. The third kappa shape index (κ3) is 0.582. The summed E-state index contributed by atoms with van der Waals surface area (Å²) in [5.41, 5.74) is 0. The van der Waals surface area contributed by atoms with Crippen molar-refractivity contribution in [1.29, 1.82) is 0 Å². The van der Waals surface area contributed by atoms with Crippen molar-refractivity contribution < 1.29 is 0 Å². The van der Waals surface area contributed by atoms with Crippen molar-refractivity contribution >= 4 is 0 Å². The molecule has 0 fully saturated rings. The van der Waals surface area contributed by atoms with Crippen LogP contribution in [0.4, 0.5) is 0 Å². The maximum absolute atomic E-state index is 2.00. The van der Waals surface area contributed by atoms with Crippen LogP contribution >= 0.6 is 0 Å². The van der Waals surface area contributed by atoms with Gasteiger partial charge >= 0.3 is 0 Å². The van der Waals surface area contributed by atoms with Crippen molar-refractivity contribution in [3.8, 4) is 0 Å². The average molecular weight is 79.1 g/mol. The summed E-state index contributed by atoms with van der Waals surface area (Å²) >= 11 is 0. The van der Waals surface area contributed by atoms with Crippen LogP contribution in [0, 0.1) is 0 Å². The predicted molar refractivity (Wildman–Crippen MR) is 26.4 cm³/mol. The maximum Gasteiger partial charge on any atom is -0.0623 e. The van der Waals surface area contributed by atoms with Gasteiger partial charge in [-0.15, -0.1) is 0 Å². The van der Waals surface area contributed by atoms with Gasteiger partial charge in [0.15, 0.2) is 0 Å². The molecule has 0 nitrogen and oxygen atoms in total. The Kier molecular flexibility index (Phi) is 0.913. The van der Waals surface area contributed by atoms with Gasteiger partial charge in [0.05, 0.1) is 0 Å². The van der Waals surface area contributed by atoms with Crippen LogP contribution in [0.25, 0.3) is 0 Å². The molecule has 0 spiro atoms. The van der Waals surface area contributed by atoms with Gasteiger partial charge in [-0.3, -0.25) is 0 Å². The lowest BCUT2D eigenvalue weighted by Gasteiger charge is -1.69. The minimum absolute atomic E-state index is 2.00. The molecule has 0 aliphatic carbocycles. The summed E-state index contributed by atoms with van der Waals surface area (Å²) in [4.78, 5) is 0. The van der Waals surface area contributed by atoms with Gasteiger partial charge in [-0.1, -0.05) is 36.4 Å². The highest BCUT2D eigenvalue weighted by atomic mass is 14.0. The lowest BCUT2D eigenvalue weighted by Crippen LogP contribution is -1.47. The van der Waals surface area contributed by atoms with Crippen LogP contribution in [0.5, 0.6) is 0 Å². The number of hydrogen-bond donors (Lipinski definition) is 0. The first-order valence-electron chi connectivity index (χ1n) is 2.00.